The molecule has 5 nitrogen and oxygen atoms in total. The Morgan fingerprint density at radius 2 is 1.95 bits per heavy atom. The van der Waals surface area contributed by atoms with E-state index < -0.39 is 0 Å². The van der Waals surface area contributed by atoms with Crippen LogP contribution in [0.25, 0.3) is 0 Å². The first-order valence-corrected chi connectivity index (χ1v) is 7.64. The van der Waals surface area contributed by atoms with Crippen molar-refractivity contribution in [1.82, 2.24) is 20.4 Å². The van der Waals surface area contributed by atoms with Crippen LogP contribution in [0.5, 0.6) is 0 Å². The molecule has 5 heteroatoms. The van der Waals surface area contributed by atoms with Gasteiger partial charge in [0.2, 0.25) is 5.89 Å². The van der Waals surface area contributed by atoms with Gasteiger partial charge in [-0.05, 0) is 18.9 Å². The maximum absolute atomic E-state index is 5.39. The highest BCUT2D eigenvalue weighted by molar-refractivity contribution is 5.15. The number of aryl methyl sites for hydroxylation is 2. The fraction of sp³-hybridized carbons (Fsp3) is 0.500. The molecule has 2 aromatic rings. The molecule has 0 radical (unpaired) electrons. The number of nitrogens with zero attached hydrogens (tertiary/aromatic N) is 3. The summed E-state index contributed by atoms with van der Waals surface area (Å²) in [6.45, 7) is 6.29. The Labute approximate surface area is 125 Å². The molecule has 0 amide bonds. The summed E-state index contributed by atoms with van der Waals surface area (Å²) in [5, 5.41) is 7.51. The van der Waals surface area contributed by atoms with Crippen LogP contribution < -0.4 is 5.32 Å². The van der Waals surface area contributed by atoms with Crippen LogP contribution in [0.1, 0.15) is 30.2 Å². The van der Waals surface area contributed by atoms with E-state index in [1.807, 2.05) is 6.07 Å². The minimum atomic E-state index is 0.223. The minimum absolute atomic E-state index is 0.223. The number of nitrogens with one attached hydrogen (secondary N) is 1. The maximum Gasteiger partial charge on any atom is 0.227 e. The third-order valence-corrected chi connectivity index (χ3v) is 4.03. The zero-order valence-electron chi connectivity index (χ0n) is 12.5. The Kier molecular flexibility index (Phi) is 4.62. The van der Waals surface area contributed by atoms with E-state index in [-0.39, 0.29) is 6.04 Å². The average molecular weight is 286 g/mol. The molecular formula is C16H22N4O. The van der Waals surface area contributed by atoms with Crippen LogP contribution in [-0.2, 0) is 12.8 Å². The number of piperazine rings is 1. The van der Waals surface area contributed by atoms with E-state index >= 15 is 0 Å². The van der Waals surface area contributed by atoms with Crippen LogP contribution in [0.3, 0.4) is 0 Å². The van der Waals surface area contributed by atoms with Crippen LogP contribution in [0.15, 0.2) is 34.9 Å². The first-order valence-electron chi connectivity index (χ1n) is 7.64. The SMILES string of the molecule is CC(c1noc(CCc2ccccc2)n1)N1CCNCC1. The molecule has 112 valence electrons. The van der Waals surface area contributed by atoms with Gasteiger partial charge in [-0.25, -0.2) is 0 Å². The highest BCUT2D eigenvalue weighted by Gasteiger charge is 2.22. The van der Waals surface area contributed by atoms with Gasteiger partial charge in [-0.1, -0.05) is 35.5 Å². The Bertz CT molecular complexity index is 548. The molecule has 1 aromatic heterocycles. The molecule has 0 aliphatic carbocycles. The van der Waals surface area contributed by atoms with Gasteiger partial charge in [0.15, 0.2) is 5.82 Å². The van der Waals surface area contributed by atoms with E-state index in [1.54, 1.807) is 0 Å². The number of benzene rings is 1. The molecule has 0 spiro atoms. The first kappa shape index (κ1) is 14.2. The smallest absolute Gasteiger partial charge is 0.227 e. The Morgan fingerprint density at radius 1 is 1.19 bits per heavy atom. The largest absolute Gasteiger partial charge is 0.339 e. The predicted octanol–water partition coefficient (Wildman–Crippen LogP) is 1.82. The van der Waals surface area contributed by atoms with Crippen LogP contribution in [-0.4, -0.2) is 41.2 Å². The lowest BCUT2D eigenvalue weighted by Crippen LogP contribution is -2.44. The Hall–Kier alpha value is -1.72. The summed E-state index contributed by atoms with van der Waals surface area (Å²) >= 11 is 0. The zero-order valence-corrected chi connectivity index (χ0v) is 12.5. The Balaban J connectivity index is 1.58. The van der Waals surface area contributed by atoms with Gasteiger partial charge in [0, 0.05) is 32.6 Å². The molecule has 3 rings (SSSR count). The monoisotopic (exact) mass is 286 g/mol. The summed E-state index contributed by atoms with van der Waals surface area (Å²) in [7, 11) is 0. The second-order valence-corrected chi connectivity index (χ2v) is 5.49. The normalized spacial score (nSPS) is 17.8. The molecule has 1 unspecified atom stereocenters. The summed E-state index contributed by atoms with van der Waals surface area (Å²) in [5.74, 6) is 1.54. The zero-order chi connectivity index (χ0) is 14.5. The lowest BCUT2D eigenvalue weighted by atomic mass is 10.1. The van der Waals surface area contributed by atoms with Crippen molar-refractivity contribution in [1.29, 1.82) is 0 Å². The minimum Gasteiger partial charge on any atom is -0.339 e. The van der Waals surface area contributed by atoms with Crippen LogP contribution >= 0.6 is 0 Å². The van der Waals surface area contributed by atoms with Crippen molar-refractivity contribution in [3.05, 3.63) is 47.6 Å². The molecule has 0 saturated carbocycles. The topological polar surface area (TPSA) is 54.2 Å². The van der Waals surface area contributed by atoms with Crippen molar-refractivity contribution in [2.24, 2.45) is 0 Å². The van der Waals surface area contributed by atoms with E-state index in [1.165, 1.54) is 5.56 Å². The van der Waals surface area contributed by atoms with Crippen molar-refractivity contribution in [2.75, 3.05) is 26.2 Å². The molecule has 1 atom stereocenters. The second-order valence-electron chi connectivity index (χ2n) is 5.49. The van der Waals surface area contributed by atoms with Gasteiger partial charge in [-0.15, -0.1) is 0 Å². The van der Waals surface area contributed by atoms with Crippen molar-refractivity contribution in [3.8, 4) is 0 Å². The van der Waals surface area contributed by atoms with Gasteiger partial charge < -0.3 is 9.84 Å². The molecule has 2 heterocycles. The molecule has 1 aromatic carbocycles. The van der Waals surface area contributed by atoms with Gasteiger partial charge in [-0.2, -0.15) is 4.98 Å². The van der Waals surface area contributed by atoms with Crippen molar-refractivity contribution < 1.29 is 4.52 Å². The highest BCUT2D eigenvalue weighted by atomic mass is 16.5. The third kappa shape index (κ3) is 3.68. The fourth-order valence-corrected chi connectivity index (χ4v) is 2.67. The molecule has 1 N–H and O–H groups in total. The molecule has 1 aliphatic heterocycles. The second kappa shape index (κ2) is 6.83. The molecular weight excluding hydrogens is 264 g/mol. The van der Waals surface area contributed by atoms with Crippen LogP contribution in [0, 0.1) is 0 Å². The number of aromatic nitrogens is 2. The fourth-order valence-electron chi connectivity index (χ4n) is 2.67. The number of hydrogen-bond acceptors (Lipinski definition) is 5. The van der Waals surface area contributed by atoms with Crippen molar-refractivity contribution >= 4 is 0 Å². The van der Waals surface area contributed by atoms with E-state index in [9.17, 15) is 0 Å². The summed E-state index contributed by atoms with van der Waals surface area (Å²) < 4.78 is 5.39. The number of rotatable bonds is 5. The van der Waals surface area contributed by atoms with Gasteiger partial charge in [0.1, 0.15) is 0 Å². The summed E-state index contributed by atoms with van der Waals surface area (Å²) in [6.07, 6.45) is 1.73. The summed E-state index contributed by atoms with van der Waals surface area (Å²) in [6, 6.07) is 10.6. The van der Waals surface area contributed by atoms with Crippen molar-refractivity contribution in [2.45, 2.75) is 25.8 Å². The average Bonchev–Trinajstić information content (AvgIpc) is 3.03. The van der Waals surface area contributed by atoms with Crippen LogP contribution in [0.2, 0.25) is 0 Å². The molecule has 1 fully saturated rings. The van der Waals surface area contributed by atoms with Gasteiger partial charge in [0.25, 0.3) is 0 Å². The van der Waals surface area contributed by atoms with E-state index in [0.29, 0.717) is 0 Å². The molecule has 1 saturated heterocycles. The molecule has 1 aliphatic rings. The van der Waals surface area contributed by atoms with Crippen LogP contribution in [0.4, 0.5) is 0 Å². The first-order chi connectivity index (χ1) is 10.3. The summed E-state index contributed by atoms with van der Waals surface area (Å²) in [5.41, 5.74) is 1.30. The maximum atomic E-state index is 5.39. The number of hydrogen-bond donors (Lipinski definition) is 1. The van der Waals surface area contributed by atoms with E-state index in [4.69, 9.17) is 4.52 Å². The van der Waals surface area contributed by atoms with Gasteiger partial charge >= 0.3 is 0 Å². The highest BCUT2D eigenvalue weighted by Crippen LogP contribution is 2.18. The van der Waals surface area contributed by atoms with E-state index in [2.05, 4.69) is 51.5 Å². The standard InChI is InChI=1S/C16H22N4O/c1-13(20-11-9-17-10-12-20)16-18-15(21-19-16)8-7-14-5-3-2-4-6-14/h2-6,13,17H,7-12H2,1H3. The summed E-state index contributed by atoms with van der Waals surface area (Å²) in [4.78, 5) is 6.95. The lowest BCUT2D eigenvalue weighted by Gasteiger charge is -2.30. The molecule has 0 bridgehead atoms. The van der Waals surface area contributed by atoms with Gasteiger partial charge in [-0.3, -0.25) is 4.90 Å². The van der Waals surface area contributed by atoms with E-state index in [0.717, 1.165) is 50.7 Å². The Morgan fingerprint density at radius 3 is 2.71 bits per heavy atom. The lowest BCUT2D eigenvalue weighted by molar-refractivity contribution is 0.176. The predicted molar refractivity (Wildman–Crippen MR) is 81.0 cm³/mol. The molecule has 21 heavy (non-hydrogen) atoms. The third-order valence-electron chi connectivity index (χ3n) is 4.03. The van der Waals surface area contributed by atoms with Gasteiger partial charge in [0.05, 0.1) is 6.04 Å². The quantitative estimate of drug-likeness (QED) is 0.908. The van der Waals surface area contributed by atoms with Crippen molar-refractivity contribution in [3.63, 3.8) is 0 Å².